The Kier molecular flexibility index (Phi) is 3.51. The standard InChI is InChI=1S/C12H17N3O3S/c1-15(7-8-2-3-8)19(17,18)11-5-4-9(12(14)16)6-10(11)13/h4-6,8H,2-3,7,13H2,1H3,(H2,14,16). The zero-order valence-electron chi connectivity index (χ0n) is 10.7. The van der Waals surface area contributed by atoms with E-state index in [4.69, 9.17) is 11.5 Å². The lowest BCUT2D eigenvalue weighted by atomic mass is 10.2. The van der Waals surface area contributed by atoms with Gasteiger partial charge in [0.2, 0.25) is 15.9 Å². The van der Waals surface area contributed by atoms with Crippen molar-refractivity contribution in [3.63, 3.8) is 0 Å². The highest BCUT2D eigenvalue weighted by Crippen LogP contribution is 2.31. The highest BCUT2D eigenvalue weighted by molar-refractivity contribution is 7.89. The Bertz CT molecular complexity index is 609. The molecule has 0 aromatic heterocycles. The predicted octanol–water partition coefficient (Wildman–Crippen LogP) is 0.398. The summed E-state index contributed by atoms with van der Waals surface area (Å²) < 4.78 is 26.0. The number of benzene rings is 1. The number of hydrogen-bond donors (Lipinski definition) is 2. The number of carbonyl (C=O) groups excluding carboxylic acids is 1. The summed E-state index contributed by atoms with van der Waals surface area (Å²) in [5, 5.41) is 0. The summed E-state index contributed by atoms with van der Waals surface area (Å²) in [4.78, 5) is 11.0. The Balaban J connectivity index is 2.31. The van der Waals surface area contributed by atoms with Crippen LogP contribution in [0, 0.1) is 5.92 Å². The van der Waals surface area contributed by atoms with Crippen LogP contribution in [0.5, 0.6) is 0 Å². The second kappa shape index (κ2) is 4.82. The molecule has 1 amide bonds. The van der Waals surface area contributed by atoms with Gasteiger partial charge in [0.1, 0.15) is 4.90 Å². The lowest BCUT2D eigenvalue weighted by Crippen LogP contribution is -2.29. The summed E-state index contributed by atoms with van der Waals surface area (Å²) >= 11 is 0. The summed E-state index contributed by atoms with van der Waals surface area (Å²) in [5.74, 6) is -0.187. The number of hydrogen-bond acceptors (Lipinski definition) is 4. The van der Waals surface area contributed by atoms with E-state index in [1.807, 2.05) is 0 Å². The van der Waals surface area contributed by atoms with E-state index in [1.165, 1.54) is 29.6 Å². The predicted molar refractivity (Wildman–Crippen MR) is 71.9 cm³/mol. The molecule has 1 fully saturated rings. The Morgan fingerprint density at radius 3 is 2.53 bits per heavy atom. The van der Waals surface area contributed by atoms with Crippen LogP contribution in [0.3, 0.4) is 0 Å². The number of carbonyl (C=O) groups is 1. The first-order valence-electron chi connectivity index (χ1n) is 5.98. The molecule has 0 spiro atoms. The fourth-order valence-corrected chi connectivity index (χ4v) is 3.21. The minimum absolute atomic E-state index is 0.0145. The molecule has 0 aliphatic heterocycles. The van der Waals surface area contributed by atoms with Crippen molar-refractivity contribution in [1.29, 1.82) is 0 Å². The van der Waals surface area contributed by atoms with Crippen LogP contribution in [0.1, 0.15) is 23.2 Å². The minimum Gasteiger partial charge on any atom is -0.398 e. The molecule has 7 heteroatoms. The highest BCUT2D eigenvalue weighted by atomic mass is 32.2. The largest absolute Gasteiger partial charge is 0.398 e. The topological polar surface area (TPSA) is 106 Å². The lowest BCUT2D eigenvalue weighted by Gasteiger charge is -2.18. The quantitative estimate of drug-likeness (QED) is 0.763. The number of nitrogens with two attached hydrogens (primary N) is 2. The molecule has 1 saturated carbocycles. The number of primary amides is 1. The molecule has 19 heavy (non-hydrogen) atoms. The van der Waals surface area contributed by atoms with Gasteiger partial charge in [0.05, 0.1) is 5.69 Å². The summed E-state index contributed by atoms with van der Waals surface area (Å²) in [6, 6.07) is 3.99. The van der Waals surface area contributed by atoms with Crippen molar-refractivity contribution in [2.45, 2.75) is 17.7 Å². The van der Waals surface area contributed by atoms with E-state index in [0.717, 1.165) is 12.8 Å². The molecule has 0 bridgehead atoms. The fraction of sp³-hybridized carbons (Fsp3) is 0.417. The van der Waals surface area contributed by atoms with E-state index < -0.39 is 15.9 Å². The van der Waals surface area contributed by atoms with Gasteiger partial charge in [-0.05, 0) is 37.0 Å². The van der Waals surface area contributed by atoms with E-state index in [1.54, 1.807) is 0 Å². The van der Waals surface area contributed by atoms with Gasteiger partial charge < -0.3 is 11.5 Å². The molecule has 1 aliphatic carbocycles. The first-order chi connectivity index (χ1) is 8.82. The van der Waals surface area contributed by atoms with Crippen LogP contribution in [-0.2, 0) is 10.0 Å². The molecule has 0 heterocycles. The van der Waals surface area contributed by atoms with Crippen molar-refractivity contribution in [3.8, 4) is 0 Å². The van der Waals surface area contributed by atoms with Crippen LogP contribution in [0.2, 0.25) is 0 Å². The van der Waals surface area contributed by atoms with Gasteiger partial charge in [-0.1, -0.05) is 0 Å². The smallest absolute Gasteiger partial charge is 0.248 e. The third-order valence-electron chi connectivity index (χ3n) is 3.19. The van der Waals surface area contributed by atoms with Gasteiger partial charge in [-0.15, -0.1) is 0 Å². The lowest BCUT2D eigenvalue weighted by molar-refractivity contribution is 0.1000. The fourth-order valence-electron chi connectivity index (χ4n) is 1.87. The van der Waals surface area contributed by atoms with Crippen LogP contribution >= 0.6 is 0 Å². The van der Waals surface area contributed by atoms with E-state index in [9.17, 15) is 13.2 Å². The Hall–Kier alpha value is -1.60. The van der Waals surface area contributed by atoms with Gasteiger partial charge in [0.25, 0.3) is 0 Å². The van der Waals surface area contributed by atoms with Crippen LogP contribution in [-0.4, -0.2) is 32.2 Å². The minimum atomic E-state index is -3.61. The van der Waals surface area contributed by atoms with Crippen molar-refractivity contribution < 1.29 is 13.2 Å². The molecule has 104 valence electrons. The number of anilines is 1. The third-order valence-corrected chi connectivity index (χ3v) is 5.09. The maximum atomic E-state index is 12.3. The van der Waals surface area contributed by atoms with Crippen molar-refractivity contribution in [2.24, 2.45) is 11.7 Å². The molecule has 1 aliphatic rings. The number of nitrogen functional groups attached to an aromatic ring is 1. The van der Waals surface area contributed by atoms with Gasteiger partial charge in [0.15, 0.2) is 0 Å². The second-order valence-electron chi connectivity index (χ2n) is 4.85. The molecule has 0 unspecified atom stereocenters. The molecular formula is C12H17N3O3S. The first-order valence-corrected chi connectivity index (χ1v) is 7.42. The molecule has 0 saturated heterocycles. The number of sulfonamides is 1. The monoisotopic (exact) mass is 283 g/mol. The van der Waals surface area contributed by atoms with Crippen molar-refractivity contribution >= 4 is 21.6 Å². The number of nitrogens with zero attached hydrogens (tertiary/aromatic N) is 1. The average molecular weight is 283 g/mol. The first kappa shape index (κ1) is 13.8. The zero-order valence-corrected chi connectivity index (χ0v) is 11.5. The summed E-state index contributed by atoms with van der Waals surface area (Å²) in [7, 11) is -2.07. The van der Waals surface area contributed by atoms with Crippen molar-refractivity contribution in [2.75, 3.05) is 19.3 Å². The third kappa shape index (κ3) is 2.87. The van der Waals surface area contributed by atoms with Gasteiger partial charge in [0, 0.05) is 19.2 Å². The van der Waals surface area contributed by atoms with E-state index >= 15 is 0 Å². The Labute approximate surface area is 112 Å². The number of amides is 1. The molecule has 0 radical (unpaired) electrons. The Morgan fingerprint density at radius 2 is 2.05 bits per heavy atom. The van der Waals surface area contributed by atoms with Gasteiger partial charge >= 0.3 is 0 Å². The highest BCUT2D eigenvalue weighted by Gasteiger charge is 2.30. The van der Waals surface area contributed by atoms with Crippen LogP contribution in [0.4, 0.5) is 5.69 Å². The molecule has 4 N–H and O–H groups in total. The van der Waals surface area contributed by atoms with E-state index in [-0.39, 0.29) is 16.1 Å². The molecular weight excluding hydrogens is 266 g/mol. The molecule has 2 rings (SSSR count). The maximum absolute atomic E-state index is 12.3. The van der Waals surface area contributed by atoms with Crippen LogP contribution in [0.15, 0.2) is 23.1 Å². The summed E-state index contributed by atoms with van der Waals surface area (Å²) in [5.41, 5.74) is 11.1. The van der Waals surface area contributed by atoms with Crippen molar-refractivity contribution in [1.82, 2.24) is 4.31 Å². The number of rotatable bonds is 5. The molecule has 6 nitrogen and oxygen atoms in total. The summed E-state index contributed by atoms with van der Waals surface area (Å²) in [6.07, 6.45) is 2.13. The van der Waals surface area contributed by atoms with E-state index in [2.05, 4.69) is 0 Å². The van der Waals surface area contributed by atoms with E-state index in [0.29, 0.717) is 12.5 Å². The van der Waals surface area contributed by atoms with Crippen LogP contribution < -0.4 is 11.5 Å². The van der Waals surface area contributed by atoms with Crippen LogP contribution in [0.25, 0.3) is 0 Å². The molecule has 1 aromatic carbocycles. The maximum Gasteiger partial charge on any atom is 0.248 e. The average Bonchev–Trinajstić information content (AvgIpc) is 3.12. The SMILES string of the molecule is CN(CC1CC1)S(=O)(=O)c1ccc(C(N)=O)cc1N. The van der Waals surface area contributed by atoms with Gasteiger partial charge in [-0.25, -0.2) is 12.7 Å². The van der Waals surface area contributed by atoms with Crippen molar-refractivity contribution in [3.05, 3.63) is 23.8 Å². The molecule has 0 atom stereocenters. The summed E-state index contributed by atoms with van der Waals surface area (Å²) in [6.45, 7) is 0.499. The Morgan fingerprint density at radius 1 is 1.42 bits per heavy atom. The van der Waals surface area contributed by atoms with Gasteiger partial charge in [-0.2, -0.15) is 0 Å². The second-order valence-corrected chi connectivity index (χ2v) is 6.86. The van der Waals surface area contributed by atoms with Gasteiger partial charge in [-0.3, -0.25) is 4.79 Å². The normalized spacial score (nSPS) is 15.7. The molecule has 1 aromatic rings. The zero-order chi connectivity index (χ0) is 14.2.